The molecule has 180 valence electrons. The fraction of sp³-hybridized carbons (Fsp3) is 0.304. The van der Waals surface area contributed by atoms with Crippen molar-refractivity contribution in [3.05, 3.63) is 65.2 Å². The van der Waals surface area contributed by atoms with Gasteiger partial charge in [-0.3, -0.25) is 19.3 Å². The first kappa shape index (κ1) is 24.7. The van der Waals surface area contributed by atoms with Crippen molar-refractivity contribution in [2.24, 2.45) is 0 Å². The molecule has 1 saturated heterocycles. The zero-order valence-corrected chi connectivity index (χ0v) is 18.7. The largest absolute Gasteiger partial charge is 0.418 e. The molecule has 0 saturated carbocycles. The lowest BCUT2D eigenvalue weighted by Crippen LogP contribution is -2.45. The Morgan fingerprint density at radius 1 is 1.09 bits per heavy atom. The van der Waals surface area contributed by atoms with Crippen molar-refractivity contribution in [3.63, 3.8) is 0 Å². The molecule has 0 radical (unpaired) electrons. The Hall–Kier alpha value is -3.89. The summed E-state index contributed by atoms with van der Waals surface area (Å²) in [5, 5.41) is 4.73. The van der Waals surface area contributed by atoms with Crippen molar-refractivity contribution >= 4 is 29.4 Å². The molecule has 1 unspecified atom stereocenters. The van der Waals surface area contributed by atoms with Gasteiger partial charge in [0.15, 0.2) is 0 Å². The predicted molar refractivity (Wildman–Crippen MR) is 116 cm³/mol. The fourth-order valence-electron chi connectivity index (χ4n) is 3.51. The van der Waals surface area contributed by atoms with Gasteiger partial charge in [-0.25, -0.2) is 4.79 Å². The Morgan fingerprint density at radius 2 is 1.71 bits per heavy atom. The fourth-order valence-corrected chi connectivity index (χ4v) is 3.51. The molecule has 0 bridgehead atoms. The first-order valence-electron chi connectivity index (χ1n) is 10.2. The number of alkyl halides is 3. The van der Waals surface area contributed by atoms with E-state index >= 15 is 0 Å². The van der Waals surface area contributed by atoms with Gasteiger partial charge in [-0.1, -0.05) is 42.0 Å². The highest BCUT2D eigenvalue weighted by molar-refractivity contribution is 6.09. The monoisotopic (exact) mass is 476 g/mol. The van der Waals surface area contributed by atoms with Gasteiger partial charge in [0.25, 0.3) is 5.91 Å². The van der Waals surface area contributed by atoms with Gasteiger partial charge < -0.3 is 15.5 Å². The standard InChI is InChI=1S/C23H23F3N4O4/c1-14-8-10-15(11-9-14)22(2)20(33)30(21(34)28-22)13-19(32)29(3)12-18(31)27-17-7-5-4-6-16(17)23(24,25)26/h4-11H,12-13H2,1-3H3,(H,27,31)(H,28,34). The highest BCUT2D eigenvalue weighted by Crippen LogP contribution is 2.34. The Balaban J connectivity index is 1.65. The number of hydrogen-bond donors (Lipinski definition) is 2. The first-order chi connectivity index (χ1) is 15.8. The minimum absolute atomic E-state index is 0.441. The third-order valence-corrected chi connectivity index (χ3v) is 5.51. The molecule has 2 aromatic carbocycles. The summed E-state index contributed by atoms with van der Waals surface area (Å²) in [6.07, 6.45) is -4.67. The number of nitrogens with zero attached hydrogens (tertiary/aromatic N) is 2. The van der Waals surface area contributed by atoms with Crippen molar-refractivity contribution in [2.45, 2.75) is 25.6 Å². The molecule has 5 amide bonds. The van der Waals surface area contributed by atoms with Gasteiger partial charge in [0.2, 0.25) is 11.8 Å². The van der Waals surface area contributed by atoms with E-state index in [1.165, 1.54) is 26.1 Å². The lowest BCUT2D eigenvalue weighted by molar-refractivity contribution is -0.139. The summed E-state index contributed by atoms with van der Waals surface area (Å²) >= 11 is 0. The minimum atomic E-state index is -4.67. The summed E-state index contributed by atoms with van der Waals surface area (Å²) in [4.78, 5) is 51.9. The summed E-state index contributed by atoms with van der Waals surface area (Å²) in [7, 11) is 1.25. The number of urea groups is 1. The smallest absolute Gasteiger partial charge is 0.335 e. The summed E-state index contributed by atoms with van der Waals surface area (Å²) in [6.45, 7) is 2.19. The average Bonchev–Trinajstić information content (AvgIpc) is 2.97. The molecule has 8 nitrogen and oxygen atoms in total. The van der Waals surface area contributed by atoms with Crippen molar-refractivity contribution in [3.8, 4) is 0 Å². The van der Waals surface area contributed by atoms with Gasteiger partial charge in [-0.05, 0) is 31.5 Å². The van der Waals surface area contributed by atoms with Crippen LogP contribution in [0.25, 0.3) is 0 Å². The average molecular weight is 476 g/mol. The van der Waals surface area contributed by atoms with E-state index in [-0.39, 0.29) is 0 Å². The number of para-hydroxylation sites is 1. The summed E-state index contributed by atoms with van der Waals surface area (Å²) < 4.78 is 39.3. The molecule has 0 spiro atoms. The molecule has 0 aromatic heterocycles. The number of halogens is 3. The van der Waals surface area contributed by atoms with E-state index in [0.29, 0.717) is 5.56 Å². The quantitative estimate of drug-likeness (QED) is 0.627. The van der Waals surface area contributed by atoms with Gasteiger partial charge in [0.05, 0.1) is 17.8 Å². The van der Waals surface area contributed by atoms with E-state index in [4.69, 9.17) is 0 Å². The number of hydrogen-bond acceptors (Lipinski definition) is 4. The second-order valence-corrected chi connectivity index (χ2v) is 8.15. The normalized spacial score (nSPS) is 18.0. The van der Waals surface area contributed by atoms with Gasteiger partial charge in [0, 0.05) is 7.05 Å². The third kappa shape index (κ3) is 5.03. The number of rotatable bonds is 6. The van der Waals surface area contributed by atoms with Crippen molar-refractivity contribution in [1.29, 1.82) is 0 Å². The van der Waals surface area contributed by atoms with Gasteiger partial charge in [-0.15, -0.1) is 0 Å². The topological polar surface area (TPSA) is 98.8 Å². The number of aryl methyl sites for hydroxylation is 1. The maximum absolute atomic E-state index is 13.1. The van der Waals surface area contributed by atoms with Gasteiger partial charge in [0.1, 0.15) is 12.1 Å². The number of likely N-dealkylation sites (N-methyl/N-ethyl adjacent to an activating group) is 1. The predicted octanol–water partition coefficient (Wildman–Crippen LogP) is 2.88. The van der Waals surface area contributed by atoms with Crippen LogP contribution in [0.15, 0.2) is 48.5 Å². The lowest BCUT2D eigenvalue weighted by atomic mass is 9.91. The summed E-state index contributed by atoms with van der Waals surface area (Å²) in [5.74, 6) is -2.24. The second kappa shape index (κ2) is 9.16. The Labute approximate surface area is 193 Å². The molecule has 11 heteroatoms. The molecule has 2 aromatic rings. The van der Waals surface area contributed by atoms with Crippen molar-refractivity contribution < 1.29 is 32.3 Å². The van der Waals surface area contributed by atoms with E-state index in [9.17, 15) is 32.3 Å². The van der Waals surface area contributed by atoms with E-state index in [0.717, 1.165) is 27.5 Å². The SMILES string of the molecule is Cc1ccc(C2(C)NC(=O)N(CC(=O)N(C)CC(=O)Nc3ccccc3C(F)(F)F)C2=O)cc1. The first-order valence-corrected chi connectivity index (χ1v) is 10.2. The zero-order chi connectivity index (χ0) is 25.3. The molecule has 1 aliphatic heterocycles. The number of anilines is 1. The van der Waals surface area contributed by atoms with Crippen LogP contribution in [-0.4, -0.2) is 53.7 Å². The lowest BCUT2D eigenvalue weighted by Gasteiger charge is -2.23. The van der Waals surface area contributed by atoms with Crippen LogP contribution in [0.5, 0.6) is 0 Å². The molecule has 3 rings (SSSR count). The van der Waals surface area contributed by atoms with Crippen LogP contribution >= 0.6 is 0 Å². The van der Waals surface area contributed by atoms with Gasteiger partial charge >= 0.3 is 12.2 Å². The highest BCUT2D eigenvalue weighted by atomic mass is 19.4. The zero-order valence-electron chi connectivity index (χ0n) is 18.7. The van der Waals surface area contributed by atoms with Crippen LogP contribution < -0.4 is 10.6 Å². The number of carbonyl (C=O) groups excluding carboxylic acids is 4. The van der Waals surface area contributed by atoms with E-state index in [1.807, 2.05) is 6.92 Å². The Bertz CT molecular complexity index is 1130. The summed E-state index contributed by atoms with van der Waals surface area (Å²) in [5.41, 5.74) is -1.31. The van der Waals surface area contributed by atoms with E-state index in [1.54, 1.807) is 24.3 Å². The van der Waals surface area contributed by atoms with Crippen molar-refractivity contribution in [1.82, 2.24) is 15.1 Å². The molecule has 2 N–H and O–H groups in total. The minimum Gasteiger partial charge on any atom is -0.335 e. The molecule has 1 heterocycles. The number of amides is 5. The van der Waals surface area contributed by atoms with Crippen LogP contribution in [0.2, 0.25) is 0 Å². The maximum Gasteiger partial charge on any atom is 0.418 e. The molecular formula is C23H23F3N4O4. The van der Waals surface area contributed by atoms with Crippen LogP contribution in [0.1, 0.15) is 23.6 Å². The molecule has 1 atom stereocenters. The molecular weight excluding hydrogens is 453 g/mol. The molecule has 1 aliphatic rings. The summed E-state index contributed by atoms with van der Waals surface area (Å²) in [6, 6.07) is 10.7. The Kier molecular flexibility index (Phi) is 6.67. The van der Waals surface area contributed by atoms with Gasteiger partial charge in [-0.2, -0.15) is 13.2 Å². The second-order valence-electron chi connectivity index (χ2n) is 8.15. The van der Waals surface area contributed by atoms with Crippen LogP contribution in [0.3, 0.4) is 0 Å². The number of carbonyl (C=O) groups is 4. The molecule has 34 heavy (non-hydrogen) atoms. The Morgan fingerprint density at radius 3 is 2.32 bits per heavy atom. The van der Waals surface area contributed by atoms with Crippen LogP contribution in [0, 0.1) is 6.92 Å². The number of imide groups is 1. The third-order valence-electron chi connectivity index (χ3n) is 5.51. The van der Waals surface area contributed by atoms with Crippen LogP contribution in [-0.2, 0) is 26.1 Å². The van der Waals surface area contributed by atoms with E-state index < -0.39 is 59.8 Å². The molecule has 0 aliphatic carbocycles. The maximum atomic E-state index is 13.1. The van der Waals surface area contributed by atoms with Crippen molar-refractivity contribution in [2.75, 3.05) is 25.5 Å². The number of benzene rings is 2. The molecule has 1 fully saturated rings. The highest BCUT2D eigenvalue weighted by Gasteiger charge is 2.49. The van der Waals surface area contributed by atoms with Crippen LogP contribution in [0.4, 0.5) is 23.7 Å². The number of nitrogens with one attached hydrogen (secondary N) is 2. The van der Waals surface area contributed by atoms with E-state index in [2.05, 4.69) is 10.6 Å².